The van der Waals surface area contributed by atoms with Crippen molar-refractivity contribution in [3.05, 3.63) is 65.2 Å². The summed E-state index contributed by atoms with van der Waals surface area (Å²) in [5.41, 5.74) is 3.48. The highest BCUT2D eigenvalue weighted by atomic mass is 32.2. The number of hydrogen-bond donors (Lipinski definition) is 1. The molecular formula is C29H41N3O4S. The van der Waals surface area contributed by atoms with E-state index < -0.39 is 22.0 Å². The molecule has 3 rings (SSSR count). The van der Waals surface area contributed by atoms with Crippen molar-refractivity contribution in [3.63, 3.8) is 0 Å². The zero-order valence-electron chi connectivity index (χ0n) is 22.7. The molecule has 202 valence electrons. The minimum atomic E-state index is -3.74. The van der Waals surface area contributed by atoms with Gasteiger partial charge >= 0.3 is 0 Å². The van der Waals surface area contributed by atoms with Gasteiger partial charge in [0.1, 0.15) is 12.6 Å². The lowest BCUT2D eigenvalue weighted by molar-refractivity contribution is -0.139. The Morgan fingerprint density at radius 3 is 2.08 bits per heavy atom. The Labute approximate surface area is 222 Å². The van der Waals surface area contributed by atoms with Crippen molar-refractivity contribution in [3.8, 4) is 0 Å². The van der Waals surface area contributed by atoms with Crippen molar-refractivity contribution in [2.45, 2.75) is 84.3 Å². The average molecular weight is 528 g/mol. The quantitative estimate of drug-likeness (QED) is 0.483. The van der Waals surface area contributed by atoms with E-state index in [1.54, 1.807) is 19.1 Å². The molecule has 2 amide bonds. The van der Waals surface area contributed by atoms with Crippen molar-refractivity contribution < 1.29 is 18.0 Å². The molecule has 0 aromatic heterocycles. The molecule has 0 saturated heterocycles. The normalized spacial score (nSPS) is 15.3. The van der Waals surface area contributed by atoms with Crippen LogP contribution in [0.15, 0.2) is 48.5 Å². The number of anilines is 1. The van der Waals surface area contributed by atoms with Crippen molar-refractivity contribution in [1.82, 2.24) is 10.2 Å². The fourth-order valence-electron chi connectivity index (χ4n) is 4.68. The molecule has 2 aromatic rings. The van der Waals surface area contributed by atoms with Crippen LogP contribution in [0.4, 0.5) is 5.69 Å². The predicted molar refractivity (Wildman–Crippen MR) is 149 cm³/mol. The van der Waals surface area contributed by atoms with Crippen LogP contribution < -0.4 is 9.62 Å². The molecule has 1 aliphatic rings. The first-order valence-electron chi connectivity index (χ1n) is 13.2. The Balaban J connectivity index is 1.86. The van der Waals surface area contributed by atoms with E-state index in [0.29, 0.717) is 11.6 Å². The molecule has 0 radical (unpaired) electrons. The SMILES string of the molecule is Cc1ccc(CN(C(=O)CN(c2ccc(C(C)C)cc2)S(C)(=O)=O)[C@@H](C)C(=O)NC2CCCCC2)cc1. The first kappa shape index (κ1) is 28.7. The lowest BCUT2D eigenvalue weighted by Crippen LogP contribution is -2.52. The maximum absolute atomic E-state index is 13.7. The third-order valence-corrected chi connectivity index (χ3v) is 8.26. The molecule has 8 heteroatoms. The number of carbonyl (C=O) groups is 2. The van der Waals surface area contributed by atoms with Gasteiger partial charge in [0.25, 0.3) is 0 Å². The molecule has 0 spiro atoms. The molecule has 37 heavy (non-hydrogen) atoms. The molecule has 1 atom stereocenters. The van der Waals surface area contributed by atoms with Crippen LogP contribution in [0.3, 0.4) is 0 Å². The summed E-state index contributed by atoms with van der Waals surface area (Å²) in [5.74, 6) is -0.333. The third kappa shape index (κ3) is 8.06. The van der Waals surface area contributed by atoms with Gasteiger partial charge in [-0.3, -0.25) is 13.9 Å². The van der Waals surface area contributed by atoms with E-state index >= 15 is 0 Å². The Kier molecular flexibility index (Phi) is 9.76. The number of aryl methyl sites for hydroxylation is 1. The highest BCUT2D eigenvalue weighted by Gasteiger charge is 2.31. The Bertz CT molecular complexity index is 1150. The Morgan fingerprint density at radius 1 is 0.946 bits per heavy atom. The molecule has 2 aromatic carbocycles. The van der Waals surface area contributed by atoms with E-state index in [-0.39, 0.29) is 25.0 Å². The molecule has 1 saturated carbocycles. The summed E-state index contributed by atoms with van der Waals surface area (Å²) in [4.78, 5) is 28.4. The maximum Gasteiger partial charge on any atom is 0.244 e. The fraction of sp³-hybridized carbons (Fsp3) is 0.517. The minimum Gasteiger partial charge on any atom is -0.352 e. The van der Waals surface area contributed by atoms with Gasteiger partial charge in [0.15, 0.2) is 0 Å². The zero-order chi connectivity index (χ0) is 27.2. The van der Waals surface area contributed by atoms with Crippen molar-refractivity contribution in [1.29, 1.82) is 0 Å². The molecule has 1 N–H and O–H groups in total. The average Bonchev–Trinajstić information content (AvgIpc) is 2.86. The molecule has 0 heterocycles. The predicted octanol–water partition coefficient (Wildman–Crippen LogP) is 4.75. The van der Waals surface area contributed by atoms with Gasteiger partial charge in [0, 0.05) is 12.6 Å². The van der Waals surface area contributed by atoms with E-state index in [2.05, 4.69) is 19.2 Å². The standard InChI is InChI=1S/C29H41N3O4S/c1-21(2)25-15-17-27(18-16-25)32(37(5,35)36)20-28(33)31(19-24-13-11-22(3)12-14-24)23(4)29(34)30-26-9-7-6-8-10-26/h11-18,21,23,26H,6-10,19-20H2,1-5H3,(H,30,34)/t23-/m0/s1. The summed E-state index contributed by atoms with van der Waals surface area (Å²) in [6.07, 6.45) is 6.34. The number of nitrogens with one attached hydrogen (secondary N) is 1. The number of amides is 2. The maximum atomic E-state index is 13.7. The Morgan fingerprint density at radius 2 is 1.54 bits per heavy atom. The monoisotopic (exact) mass is 527 g/mol. The molecule has 1 fully saturated rings. The molecule has 1 aliphatic carbocycles. The van der Waals surface area contributed by atoms with Gasteiger partial charge < -0.3 is 10.2 Å². The summed E-state index contributed by atoms with van der Waals surface area (Å²) in [7, 11) is -3.74. The molecule has 0 aliphatic heterocycles. The van der Waals surface area contributed by atoms with Crippen molar-refractivity contribution in [2.75, 3.05) is 17.1 Å². The molecule has 0 bridgehead atoms. The van der Waals surface area contributed by atoms with E-state index in [4.69, 9.17) is 0 Å². The summed E-state index contributed by atoms with van der Waals surface area (Å²) < 4.78 is 26.6. The van der Waals surface area contributed by atoms with E-state index in [0.717, 1.165) is 52.9 Å². The van der Waals surface area contributed by atoms with Gasteiger partial charge in [-0.15, -0.1) is 0 Å². The summed E-state index contributed by atoms with van der Waals surface area (Å²) in [6.45, 7) is 7.66. The van der Waals surface area contributed by atoms with Crippen molar-refractivity contribution >= 4 is 27.5 Å². The third-order valence-electron chi connectivity index (χ3n) is 7.12. The number of rotatable bonds is 10. The van der Waals surface area contributed by atoms with Gasteiger partial charge in [-0.1, -0.05) is 75.1 Å². The smallest absolute Gasteiger partial charge is 0.244 e. The van der Waals surface area contributed by atoms with Crippen LogP contribution in [0.5, 0.6) is 0 Å². The number of sulfonamides is 1. The minimum absolute atomic E-state index is 0.118. The summed E-state index contributed by atoms with van der Waals surface area (Å²) in [6, 6.07) is 14.4. The number of benzene rings is 2. The van der Waals surface area contributed by atoms with Gasteiger partial charge in [0.05, 0.1) is 11.9 Å². The molecule has 0 unspecified atom stereocenters. The first-order chi connectivity index (χ1) is 17.5. The van der Waals surface area contributed by atoms with Crippen LogP contribution in [-0.2, 0) is 26.2 Å². The highest BCUT2D eigenvalue weighted by molar-refractivity contribution is 7.92. The second-order valence-electron chi connectivity index (χ2n) is 10.5. The van der Waals surface area contributed by atoms with Crippen LogP contribution in [0.2, 0.25) is 0 Å². The zero-order valence-corrected chi connectivity index (χ0v) is 23.6. The topological polar surface area (TPSA) is 86.8 Å². The lowest BCUT2D eigenvalue weighted by atomic mass is 9.95. The summed E-state index contributed by atoms with van der Waals surface area (Å²) in [5, 5.41) is 3.12. The van der Waals surface area contributed by atoms with Gasteiger partial charge in [-0.25, -0.2) is 8.42 Å². The molecule has 7 nitrogen and oxygen atoms in total. The van der Waals surface area contributed by atoms with Crippen LogP contribution >= 0.6 is 0 Å². The second-order valence-corrected chi connectivity index (χ2v) is 12.4. The number of carbonyl (C=O) groups excluding carboxylic acids is 2. The van der Waals surface area contributed by atoms with Gasteiger partial charge in [-0.2, -0.15) is 0 Å². The fourth-order valence-corrected chi connectivity index (χ4v) is 5.53. The van der Waals surface area contributed by atoms with Crippen LogP contribution in [-0.4, -0.2) is 50.0 Å². The first-order valence-corrected chi connectivity index (χ1v) is 15.0. The van der Waals surface area contributed by atoms with E-state index in [1.807, 2.05) is 43.3 Å². The van der Waals surface area contributed by atoms with Crippen LogP contribution in [0, 0.1) is 6.92 Å². The van der Waals surface area contributed by atoms with E-state index in [9.17, 15) is 18.0 Å². The van der Waals surface area contributed by atoms with Gasteiger partial charge in [-0.05, 0) is 55.9 Å². The van der Waals surface area contributed by atoms with Gasteiger partial charge in [0.2, 0.25) is 21.8 Å². The van der Waals surface area contributed by atoms with Crippen LogP contribution in [0.25, 0.3) is 0 Å². The van der Waals surface area contributed by atoms with Crippen LogP contribution in [0.1, 0.15) is 75.5 Å². The second kappa shape index (κ2) is 12.6. The molecular weight excluding hydrogens is 486 g/mol. The number of hydrogen-bond acceptors (Lipinski definition) is 4. The van der Waals surface area contributed by atoms with Crippen molar-refractivity contribution in [2.24, 2.45) is 0 Å². The Hall–Kier alpha value is -2.87. The summed E-state index contributed by atoms with van der Waals surface area (Å²) >= 11 is 0. The van der Waals surface area contributed by atoms with E-state index in [1.165, 1.54) is 11.3 Å². The largest absolute Gasteiger partial charge is 0.352 e. The highest BCUT2D eigenvalue weighted by Crippen LogP contribution is 2.23. The number of nitrogens with zero attached hydrogens (tertiary/aromatic N) is 2. The lowest BCUT2D eigenvalue weighted by Gasteiger charge is -2.33.